The van der Waals surface area contributed by atoms with Crippen LogP contribution in [0.25, 0.3) is 0 Å². The number of carbonyl (C=O) groups is 1. The Morgan fingerprint density at radius 2 is 2.13 bits per heavy atom. The molecule has 3 nitrogen and oxygen atoms in total. The highest BCUT2D eigenvalue weighted by Crippen LogP contribution is 2.28. The van der Waals surface area contributed by atoms with Crippen LogP contribution in [-0.4, -0.2) is 17.5 Å². The topological polar surface area (TPSA) is 55.1 Å². The third-order valence-corrected chi connectivity index (χ3v) is 2.99. The van der Waals surface area contributed by atoms with Gasteiger partial charge in [0.25, 0.3) is 0 Å². The Hall–Kier alpha value is -1.01. The summed E-state index contributed by atoms with van der Waals surface area (Å²) < 4.78 is 0. The first-order chi connectivity index (χ1) is 7.06. The second kappa shape index (κ2) is 5.18. The number of carbonyl (C=O) groups excluding carboxylic acids is 1. The average molecular weight is 208 g/mol. The SMILES string of the molecule is C#CC(C)NC(=O)CC1(N)CCCCC1. The van der Waals surface area contributed by atoms with Crippen molar-refractivity contribution in [2.75, 3.05) is 0 Å². The highest BCUT2D eigenvalue weighted by atomic mass is 16.1. The van der Waals surface area contributed by atoms with Crippen molar-refractivity contribution in [2.45, 2.75) is 57.0 Å². The van der Waals surface area contributed by atoms with Gasteiger partial charge in [0.1, 0.15) is 0 Å². The van der Waals surface area contributed by atoms with E-state index in [0.717, 1.165) is 25.7 Å². The predicted molar refractivity (Wildman–Crippen MR) is 61.1 cm³/mol. The van der Waals surface area contributed by atoms with Crippen molar-refractivity contribution in [3.63, 3.8) is 0 Å². The van der Waals surface area contributed by atoms with Crippen molar-refractivity contribution in [1.29, 1.82) is 0 Å². The van der Waals surface area contributed by atoms with Crippen molar-refractivity contribution in [1.82, 2.24) is 5.32 Å². The van der Waals surface area contributed by atoms with Crippen LogP contribution in [0.3, 0.4) is 0 Å². The van der Waals surface area contributed by atoms with Gasteiger partial charge in [-0.3, -0.25) is 4.79 Å². The Kier molecular flexibility index (Phi) is 4.16. The molecule has 0 aliphatic heterocycles. The molecule has 3 heteroatoms. The first-order valence-corrected chi connectivity index (χ1v) is 5.60. The number of rotatable bonds is 3. The van der Waals surface area contributed by atoms with Crippen LogP contribution < -0.4 is 11.1 Å². The maximum atomic E-state index is 11.6. The second-order valence-electron chi connectivity index (χ2n) is 4.56. The van der Waals surface area contributed by atoms with Gasteiger partial charge < -0.3 is 11.1 Å². The first-order valence-electron chi connectivity index (χ1n) is 5.60. The summed E-state index contributed by atoms with van der Waals surface area (Å²) in [4.78, 5) is 11.6. The molecule has 0 bridgehead atoms. The van der Waals surface area contributed by atoms with E-state index in [1.807, 2.05) is 0 Å². The van der Waals surface area contributed by atoms with Crippen LogP contribution in [0.5, 0.6) is 0 Å². The molecule has 1 saturated carbocycles. The molecule has 0 aromatic carbocycles. The second-order valence-corrected chi connectivity index (χ2v) is 4.56. The summed E-state index contributed by atoms with van der Waals surface area (Å²) in [5.41, 5.74) is 5.87. The Labute approximate surface area is 91.8 Å². The van der Waals surface area contributed by atoms with E-state index in [0.29, 0.717) is 6.42 Å². The van der Waals surface area contributed by atoms with E-state index in [2.05, 4.69) is 11.2 Å². The van der Waals surface area contributed by atoms with E-state index in [9.17, 15) is 4.79 Å². The summed E-state index contributed by atoms with van der Waals surface area (Å²) in [6.45, 7) is 1.79. The van der Waals surface area contributed by atoms with Crippen LogP contribution in [0.2, 0.25) is 0 Å². The Morgan fingerprint density at radius 1 is 1.53 bits per heavy atom. The summed E-state index contributed by atoms with van der Waals surface area (Å²) in [6, 6.07) is -0.204. The van der Waals surface area contributed by atoms with Crippen molar-refractivity contribution in [3.8, 4) is 12.3 Å². The zero-order valence-corrected chi connectivity index (χ0v) is 9.38. The number of hydrogen-bond acceptors (Lipinski definition) is 2. The number of nitrogens with one attached hydrogen (secondary N) is 1. The van der Waals surface area contributed by atoms with E-state index in [-0.39, 0.29) is 17.5 Å². The molecular weight excluding hydrogens is 188 g/mol. The Morgan fingerprint density at radius 3 is 2.67 bits per heavy atom. The molecule has 1 atom stereocenters. The summed E-state index contributed by atoms with van der Waals surface area (Å²) in [5.74, 6) is 2.45. The monoisotopic (exact) mass is 208 g/mol. The molecule has 0 saturated heterocycles. The largest absolute Gasteiger partial charge is 0.343 e. The van der Waals surface area contributed by atoms with Gasteiger partial charge in [0.15, 0.2) is 0 Å². The minimum atomic E-state index is -0.295. The van der Waals surface area contributed by atoms with Crippen molar-refractivity contribution in [3.05, 3.63) is 0 Å². The summed E-state index contributed by atoms with van der Waals surface area (Å²) in [6.07, 6.45) is 11.0. The van der Waals surface area contributed by atoms with E-state index in [1.54, 1.807) is 6.92 Å². The maximum Gasteiger partial charge on any atom is 0.222 e. The number of nitrogens with two attached hydrogens (primary N) is 1. The fourth-order valence-electron chi connectivity index (χ4n) is 2.09. The van der Waals surface area contributed by atoms with Crippen molar-refractivity contribution in [2.24, 2.45) is 5.73 Å². The average Bonchev–Trinajstić information content (AvgIpc) is 2.17. The molecule has 1 fully saturated rings. The minimum Gasteiger partial charge on any atom is -0.343 e. The van der Waals surface area contributed by atoms with Crippen LogP contribution in [-0.2, 0) is 4.79 Å². The molecular formula is C12H20N2O. The Bertz CT molecular complexity index is 261. The molecule has 0 heterocycles. The highest BCUT2D eigenvalue weighted by Gasteiger charge is 2.30. The van der Waals surface area contributed by atoms with Crippen molar-refractivity contribution < 1.29 is 4.79 Å². The van der Waals surface area contributed by atoms with Gasteiger partial charge >= 0.3 is 0 Å². The Balaban J connectivity index is 2.39. The molecule has 1 aliphatic rings. The van der Waals surface area contributed by atoms with E-state index in [4.69, 9.17) is 12.2 Å². The summed E-state index contributed by atoms with van der Waals surface area (Å²) in [7, 11) is 0. The summed E-state index contributed by atoms with van der Waals surface area (Å²) >= 11 is 0. The number of hydrogen-bond donors (Lipinski definition) is 2. The fourth-order valence-corrected chi connectivity index (χ4v) is 2.09. The lowest BCUT2D eigenvalue weighted by atomic mass is 9.80. The van der Waals surface area contributed by atoms with E-state index >= 15 is 0 Å². The van der Waals surface area contributed by atoms with E-state index in [1.165, 1.54) is 6.42 Å². The zero-order chi connectivity index (χ0) is 11.3. The minimum absolute atomic E-state index is 0.0233. The highest BCUT2D eigenvalue weighted by molar-refractivity contribution is 5.77. The molecule has 1 rings (SSSR count). The lowest BCUT2D eigenvalue weighted by Gasteiger charge is -2.32. The maximum absolute atomic E-state index is 11.6. The van der Waals surface area contributed by atoms with Gasteiger partial charge in [-0.25, -0.2) is 0 Å². The van der Waals surface area contributed by atoms with Gasteiger partial charge in [-0.1, -0.05) is 25.2 Å². The molecule has 1 aliphatic carbocycles. The van der Waals surface area contributed by atoms with E-state index < -0.39 is 0 Å². The normalized spacial score (nSPS) is 21.4. The molecule has 0 aromatic rings. The first kappa shape index (κ1) is 12.1. The van der Waals surface area contributed by atoms with Crippen molar-refractivity contribution >= 4 is 5.91 Å². The molecule has 0 radical (unpaired) electrons. The molecule has 0 aromatic heterocycles. The van der Waals surface area contributed by atoms with Crippen LogP contribution >= 0.6 is 0 Å². The van der Waals surface area contributed by atoms with Gasteiger partial charge in [-0.05, 0) is 19.8 Å². The third-order valence-electron chi connectivity index (χ3n) is 2.99. The smallest absolute Gasteiger partial charge is 0.222 e. The third kappa shape index (κ3) is 3.93. The van der Waals surface area contributed by atoms with Crippen LogP contribution in [0.4, 0.5) is 0 Å². The molecule has 1 unspecified atom stereocenters. The van der Waals surface area contributed by atoms with Gasteiger partial charge in [0.05, 0.1) is 6.04 Å². The van der Waals surface area contributed by atoms with Crippen LogP contribution in [0.1, 0.15) is 45.4 Å². The lowest BCUT2D eigenvalue weighted by Crippen LogP contribution is -2.47. The van der Waals surface area contributed by atoms with Gasteiger partial charge in [-0.15, -0.1) is 6.42 Å². The number of amides is 1. The fraction of sp³-hybridized carbons (Fsp3) is 0.750. The molecule has 3 N–H and O–H groups in total. The zero-order valence-electron chi connectivity index (χ0n) is 9.38. The van der Waals surface area contributed by atoms with Gasteiger partial charge in [-0.2, -0.15) is 0 Å². The standard InChI is InChI=1S/C12H20N2O/c1-3-10(2)14-11(15)9-12(13)7-5-4-6-8-12/h1,10H,4-9,13H2,2H3,(H,14,15). The predicted octanol–water partition coefficient (Wildman–Crippen LogP) is 1.18. The molecule has 15 heavy (non-hydrogen) atoms. The van der Waals surface area contributed by atoms with Gasteiger partial charge in [0, 0.05) is 12.0 Å². The quantitative estimate of drug-likeness (QED) is 0.684. The van der Waals surface area contributed by atoms with Gasteiger partial charge in [0.2, 0.25) is 5.91 Å². The molecule has 84 valence electrons. The van der Waals surface area contributed by atoms with Crippen LogP contribution in [0.15, 0.2) is 0 Å². The summed E-state index contributed by atoms with van der Waals surface area (Å²) in [5, 5.41) is 2.75. The number of terminal acetylenes is 1. The lowest BCUT2D eigenvalue weighted by molar-refractivity contribution is -0.122. The molecule has 1 amide bonds. The van der Waals surface area contributed by atoms with Crippen LogP contribution in [0, 0.1) is 12.3 Å². The molecule has 0 spiro atoms.